The number of ketones is 1. The molecule has 5 atom stereocenters. The second kappa shape index (κ2) is 20.8. The van der Waals surface area contributed by atoms with E-state index >= 15 is 0 Å². The molecule has 6 N–H and O–H groups in total. The van der Waals surface area contributed by atoms with Crippen LogP contribution in [0.15, 0.2) is 30.3 Å². The van der Waals surface area contributed by atoms with Gasteiger partial charge in [0.25, 0.3) is 5.91 Å². The second-order valence-electron chi connectivity index (χ2n) is 15.6. The Labute approximate surface area is 318 Å². The van der Waals surface area contributed by atoms with Gasteiger partial charge < -0.3 is 36.6 Å². The number of nitrogens with one attached hydrogen (secondary N) is 4. The fraction of sp³-hybridized carbons (Fsp3) is 0.675. The monoisotopic (exact) mass is 752 g/mol. The molecule has 0 bridgehead atoms. The molecule has 2 unspecified atom stereocenters. The summed E-state index contributed by atoms with van der Waals surface area (Å²) in [6.45, 7) is 5.65. The average Bonchev–Trinajstić information content (AvgIpc) is 3.63. The number of ether oxygens (including phenoxy) is 1. The molecular formula is C40H60N6O8. The van der Waals surface area contributed by atoms with Gasteiger partial charge in [0.2, 0.25) is 29.4 Å². The number of alkyl carbamates (subject to hydrolysis) is 1. The van der Waals surface area contributed by atoms with E-state index in [1.54, 1.807) is 35.2 Å². The molecule has 2 aliphatic carbocycles. The van der Waals surface area contributed by atoms with Crippen molar-refractivity contribution in [1.29, 1.82) is 0 Å². The summed E-state index contributed by atoms with van der Waals surface area (Å²) >= 11 is 0. The zero-order chi connectivity index (χ0) is 39.2. The van der Waals surface area contributed by atoms with Crippen LogP contribution in [0.5, 0.6) is 0 Å². The van der Waals surface area contributed by atoms with Crippen LogP contribution in [-0.4, -0.2) is 84.1 Å². The van der Waals surface area contributed by atoms with Gasteiger partial charge >= 0.3 is 6.09 Å². The number of benzene rings is 1. The van der Waals surface area contributed by atoms with Crippen LogP contribution in [0.4, 0.5) is 4.79 Å². The van der Waals surface area contributed by atoms with Crippen LogP contribution in [0.1, 0.15) is 116 Å². The van der Waals surface area contributed by atoms with Crippen molar-refractivity contribution in [2.24, 2.45) is 29.4 Å². The summed E-state index contributed by atoms with van der Waals surface area (Å²) < 4.78 is 5.42. The van der Waals surface area contributed by atoms with Gasteiger partial charge in [-0.2, -0.15) is 0 Å². The van der Waals surface area contributed by atoms with E-state index in [0.717, 1.165) is 64.2 Å². The zero-order valence-corrected chi connectivity index (χ0v) is 32.1. The van der Waals surface area contributed by atoms with Gasteiger partial charge in [0.05, 0.1) is 19.2 Å². The molecule has 14 heteroatoms. The van der Waals surface area contributed by atoms with Gasteiger partial charge in [-0.15, -0.1) is 0 Å². The number of likely N-dealkylation sites (tertiary alicyclic amines) is 1. The van der Waals surface area contributed by atoms with Crippen LogP contribution in [0.25, 0.3) is 0 Å². The number of amides is 6. The van der Waals surface area contributed by atoms with Crippen molar-refractivity contribution >= 4 is 41.4 Å². The first-order valence-corrected chi connectivity index (χ1v) is 19.9. The Kier molecular flexibility index (Phi) is 16.3. The lowest BCUT2D eigenvalue weighted by Gasteiger charge is -2.35. The van der Waals surface area contributed by atoms with E-state index in [2.05, 4.69) is 21.3 Å². The van der Waals surface area contributed by atoms with Crippen LogP contribution in [-0.2, 0) is 33.5 Å². The minimum Gasteiger partial charge on any atom is -0.449 e. The molecule has 54 heavy (non-hydrogen) atoms. The number of hydrogen-bond acceptors (Lipinski definition) is 8. The summed E-state index contributed by atoms with van der Waals surface area (Å²) in [6, 6.07) is 4.30. The number of nitrogens with two attached hydrogens (primary N) is 1. The highest BCUT2D eigenvalue weighted by atomic mass is 16.5. The standard InChI is InChI=1S/C40H60N6O8/c1-4-14-30(35(48)38(51)42-22-32(47)44-33(36(41)49)27-17-10-6-11-18-27)43-37(50)31-21-29(26-15-8-5-9-16-26)23-46(31)39(52)34(28-19-12-7-13-20-28)45-40(53)54-24-25(2)3/h6,10-11,17-18,25-26,28-31,33-34H,4-5,7-9,12-16,19-24H2,1-3H3,(H2,41,49)(H,42,51)(H,43,50)(H,44,47)(H,45,53)/t29-,30?,31?,33+,34+/m1/s1. The lowest BCUT2D eigenvalue weighted by atomic mass is 9.79. The topological polar surface area (TPSA) is 206 Å². The van der Waals surface area contributed by atoms with E-state index < -0.39 is 66.2 Å². The number of primary amides is 1. The molecule has 0 radical (unpaired) electrons. The van der Waals surface area contributed by atoms with Gasteiger partial charge in [0.1, 0.15) is 18.1 Å². The predicted molar refractivity (Wildman–Crippen MR) is 201 cm³/mol. The van der Waals surface area contributed by atoms with Crippen molar-refractivity contribution in [1.82, 2.24) is 26.2 Å². The Morgan fingerprint density at radius 2 is 1.50 bits per heavy atom. The van der Waals surface area contributed by atoms with Crippen LogP contribution < -0.4 is 27.0 Å². The van der Waals surface area contributed by atoms with Gasteiger partial charge in [-0.05, 0) is 54.9 Å². The Morgan fingerprint density at radius 1 is 0.852 bits per heavy atom. The molecule has 4 rings (SSSR count). The summed E-state index contributed by atoms with van der Waals surface area (Å²) in [7, 11) is 0. The molecule has 298 valence electrons. The van der Waals surface area contributed by atoms with Crippen molar-refractivity contribution in [3.63, 3.8) is 0 Å². The van der Waals surface area contributed by atoms with Crippen molar-refractivity contribution in [2.45, 2.75) is 128 Å². The minimum atomic E-state index is -1.20. The van der Waals surface area contributed by atoms with E-state index in [1.165, 1.54) is 0 Å². The third kappa shape index (κ3) is 12.0. The van der Waals surface area contributed by atoms with Gasteiger partial charge in [0.15, 0.2) is 0 Å². The lowest BCUT2D eigenvalue weighted by Crippen LogP contribution is -2.58. The molecule has 2 saturated carbocycles. The molecular weight excluding hydrogens is 692 g/mol. The van der Waals surface area contributed by atoms with Crippen molar-refractivity contribution in [2.75, 3.05) is 19.7 Å². The number of hydrogen-bond donors (Lipinski definition) is 5. The zero-order valence-electron chi connectivity index (χ0n) is 32.1. The van der Waals surface area contributed by atoms with Crippen LogP contribution >= 0.6 is 0 Å². The fourth-order valence-corrected chi connectivity index (χ4v) is 8.15. The van der Waals surface area contributed by atoms with E-state index in [4.69, 9.17) is 10.5 Å². The minimum absolute atomic E-state index is 0.0761. The molecule has 3 aliphatic rings. The smallest absolute Gasteiger partial charge is 0.407 e. The first kappa shape index (κ1) is 42.3. The number of rotatable bonds is 17. The number of carbonyl (C=O) groups is 7. The molecule has 6 amide bonds. The molecule has 1 heterocycles. The maximum Gasteiger partial charge on any atom is 0.407 e. The van der Waals surface area contributed by atoms with Crippen LogP contribution in [0, 0.1) is 23.7 Å². The van der Waals surface area contributed by atoms with Gasteiger partial charge in [-0.1, -0.05) is 109 Å². The Hall–Kier alpha value is -4.49. The molecule has 0 aromatic heterocycles. The van der Waals surface area contributed by atoms with Gasteiger partial charge in [0, 0.05) is 6.54 Å². The number of carbonyl (C=O) groups excluding carboxylic acids is 7. The second-order valence-corrected chi connectivity index (χ2v) is 15.6. The Morgan fingerprint density at radius 3 is 2.11 bits per heavy atom. The number of Topliss-reactive ketones (excluding diaryl/α,β-unsaturated/α-hetero) is 1. The van der Waals surface area contributed by atoms with E-state index in [0.29, 0.717) is 30.9 Å². The van der Waals surface area contributed by atoms with Gasteiger partial charge in [-0.25, -0.2) is 4.79 Å². The largest absolute Gasteiger partial charge is 0.449 e. The molecule has 1 aromatic rings. The van der Waals surface area contributed by atoms with Crippen LogP contribution in [0.3, 0.4) is 0 Å². The lowest BCUT2D eigenvalue weighted by molar-refractivity contribution is -0.143. The Bertz CT molecular complexity index is 1460. The SMILES string of the molecule is CCCC(NC(=O)C1C[C@@H](C2CCCCC2)CN1C(=O)[C@@H](NC(=O)OCC(C)C)C1CCCCC1)C(=O)C(=O)NCC(=O)N[C@H](C(N)=O)c1ccccc1. The quantitative estimate of drug-likeness (QED) is 0.149. The average molecular weight is 753 g/mol. The van der Waals surface area contributed by atoms with Crippen molar-refractivity contribution in [3.8, 4) is 0 Å². The Balaban J connectivity index is 1.47. The first-order chi connectivity index (χ1) is 25.9. The maximum absolute atomic E-state index is 14.6. The molecule has 3 fully saturated rings. The third-order valence-corrected chi connectivity index (χ3v) is 11.0. The molecule has 14 nitrogen and oxygen atoms in total. The molecule has 1 aromatic carbocycles. The van der Waals surface area contributed by atoms with Crippen LogP contribution in [0.2, 0.25) is 0 Å². The van der Waals surface area contributed by atoms with Crippen molar-refractivity contribution < 1.29 is 38.3 Å². The summed E-state index contributed by atoms with van der Waals surface area (Å²) in [5.41, 5.74) is 5.95. The van der Waals surface area contributed by atoms with Crippen molar-refractivity contribution in [3.05, 3.63) is 35.9 Å². The van der Waals surface area contributed by atoms with E-state index in [1.807, 2.05) is 20.8 Å². The summed E-state index contributed by atoms with van der Waals surface area (Å²) in [4.78, 5) is 94.5. The van der Waals surface area contributed by atoms with Gasteiger partial charge in [-0.3, -0.25) is 28.8 Å². The van der Waals surface area contributed by atoms with E-state index in [9.17, 15) is 33.6 Å². The predicted octanol–water partition coefficient (Wildman–Crippen LogP) is 3.43. The third-order valence-electron chi connectivity index (χ3n) is 11.0. The summed E-state index contributed by atoms with van der Waals surface area (Å²) in [5.74, 6) is -3.93. The maximum atomic E-state index is 14.6. The fourth-order valence-electron chi connectivity index (χ4n) is 8.15. The highest BCUT2D eigenvalue weighted by Gasteiger charge is 2.46. The molecule has 0 spiro atoms. The first-order valence-electron chi connectivity index (χ1n) is 19.9. The highest BCUT2D eigenvalue weighted by Crippen LogP contribution is 2.39. The highest BCUT2D eigenvalue weighted by molar-refractivity contribution is 6.38. The summed E-state index contributed by atoms with van der Waals surface area (Å²) in [5, 5.41) is 10.4. The summed E-state index contributed by atoms with van der Waals surface area (Å²) in [6.07, 6.45) is 10.2. The molecule has 1 saturated heterocycles. The molecule has 1 aliphatic heterocycles. The number of nitrogens with zero attached hydrogens (tertiary/aromatic N) is 1. The van der Waals surface area contributed by atoms with E-state index in [-0.39, 0.29) is 36.7 Å². The normalized spacial score (nSPS) is 21.0.